The molecule has 0 bridgehead atoms. The monoisotopic (exact) mass is 219 g/mol. The maximum absolute atomic E-state index is 11.0. The van der Waals surface area contributed by atoms with Crippen LogP contribution in [0.1, 0.15) is 19.8 Å². The molecule has 0 spiro atoms. The topological polar surface area (TPSA) is 37.4 Å². The molecule has 0 radical (unpaired) electrons. The van der Waals surface area contributed by atoms with Gasteiger partial charge in [-0.25, -0.2) is 0 Å². The first-order chi connectivity index (χ1) is 7.83. The Morgan fingerprint density at radius 1 is 1.25 bits per heavy atom. The van der Waals surface area contributed by atoms with Gasteiger partial charge in [-0.1, -0.05) is 31.5 Å². The van der Waals surface area contributed by atoms with Gasteiger partial charge in [-0.15, -0.1) is 0 Å². The van der Waals surface area contributed by atoms with Crippen molar-refractivity contribution >= 4 is 18.3 Å². The highest BCUT2D eigenvalue weighted by molar-refractivity contribution is 5.70. The fourth-order valence-electron chi connectivity index (χ4n) is 1.73. The number of carbonyl (C=O) groups is 2. The predicted molar refractivity (Wildman–Crippen MR) is 64.6 cm³/mol. The van der Waals surface area contributed by atoms with E-state index in [9.17, 15) is 9.59 Å². The van der Waals surface area contributed by atoms with Crippen LogP contribution in [0.15, 0.2) is 30.3 Å². The van der Waals surface area contributed by atoms with Crippen LogP contribution in [0.4, 0.5) is 5.69 Å². The molecule has 1 atom stereocenters. The zero-order chi connectivity index (χ0) is 11.8. The summed E-state index contributed by atoms with van der Waals surface area (Å²) in [6.45, 7) is 2.29. The van der Waals surface area contributed by atoms with Crippen molar-refractivity contribution in [2.45, 2.75) is 25.8 Å². The summed E-state index contributed by atoms with van der Waals surface area (Å²) in [4.78, 5) is 23.5. The lowest BCUT2D eigenvalue weighted by Gasteiger charge is -2.28. The van der Waals surface area contributed by atoms with Gasteiger partial charge in [0.25, 0.3) is 0 Å². The molecule has 3 nitrogen and oxygen atoms in total. The molecule has 1 aromatic rings. The second kappa shape index (κ2) is 6.77. The highest BCUT2D eigenvalue weighted by Gasteiger charge is 2.16. The van der Waals surface area contributed by atoms with Crippen molar-refractivity contribution < 1.29 is 9.59 Å². The summed E-state index contributed by atoms with van der Waals surface area (Å²) in [5.74, 6) is 0. The summed E-state index contributed by atoms with van der Waals surface area (Å²) >= 11 is 0. The molecule has 3 heteroatoms. The Morgan fingerprint density at radius 2 is 1.94 bits per heavy atom. The molecule has 1 unspecified atom stereocenters. The summed E-state index contributed by atoms with van der Waals surface area (Å²) in [5, 5.41) is 0. The smallest absolute Gasteiger partial charge is 0.142 e. The van der Waals surface area contributed by atoms with E-state index < -0.39 is 0 Å². The lowest BCUT2D eigenvalue weighted by Crippen LogP contribution is -2.37. The first-order valence-electron chi connectivity index (χ1n) is 5.54. The molecule has 0 saturated heterocycles. The number of nitrogens with zero attached hydrogens (tertiary/aromatic N) is 1. The van der Waals surface area contributed by atoms with E-state index in [0.717, 1.165) is 31.1 Å². The van der Waals surface area contributed by atoms with Crippen molar-refractivity contribution in [3.8, 4) is 0 Å². The Morgan fingerprint density at radius 3 is 2.44 bits per heavy atom. The summed E-state index contributed by atoms with van der Waals surface area (Å²) in [5.41, 5.74) is 0.917. The fourth-order valence-corrected chi connectivity index (χ4v) is 1.73. The predicted octanol–water partition coefficient (Wildman–Crippen LogP) is 2.06. The molecular formula is C13H17NO2. The third-order valence-corrected chi connectivity index (χ3v) is 2.50. The number of anilines is 1. The van der Waals surface area contributed by atoms with Crippen LogP contribution < -0.4 is 4.90 Å². The fraction of sp³-hybridized carbons (Fsp3) is 0.385. The van der Waals surface area contributed by atoms with Crippen molar-refractivity contribution in [1.29, 1.82) is 0 Å². The molecule has 1 rings (SSSR count). The molecule has 0 amide bonds. The minimum atomic E-state index is -0.211. The molecule has 0 saturated carbocycles. The second-order valence-electron chi connectivity index (χ2n) is 3.65. The Balaban J connectivity index is 2.88. The summed E-state index contributed by atoms with van der Waals surface area (Å²) in [7, 11) is 0. The van der Waals surface area contributed by atoms with Gasteiger partial charge >= 0.3 is 0 Å². The average molecular weight is 219 g/mol. The molecule has 0 aliphatic rings. The molecule has 16 heavy (non-hydrogen) atoms. The Bertz CT molecular complexity index is 324. The van der Waals surface area contributed by atoms with Crippen LogP contribution in [0.3, 0.4) is 0 Å². The number of hydrogen-bond donors (Lipinski definition) is 0. The third kappa shape index (κ3) is 3.19. The van der Waals surface area contributed by atoms with Crippen LogP contribution >= 0.6 is 0 Å². The normalized spacial score (nSPS) is 11.8. The van der Waals surface area contributed by atoms with Crippen molar-refractivity contribution in [3.63, 3.8) is 0 Å². The van der Waals surface area contributed by atoms with Gasteiger partial charge in [0, 0.05) is 5.69 Å². The average Bonchev–Trinajstić information content (AvgIpc) is 2.35. The lowest BCUT2D eigenvalue weighted by molar-refractivity contribution is -0.109. The van der Waals surface area contributed by atoms with Crippen LogP contribution in [0.25, 0.3) is 0 Å². The van der Waals surface area contributed by atoms with Gasteiger partial charge in [0.1, 0.15) is 12.6 Å². The van der Waals surface area contributed by atoms with E-state index in [4.69, 9.17) is 0 Å². The quantitative estimate of drug-likeness (QED) is 0.659. The largest absolute Gasteiger partial charge is 0.355 e. The van der Waals surface area contributed by atoms with Gasteiger partial charge in [0.2, 0.25) is 0 Å². The van der Waals surface area contributed by atoms with E-state index in [1.165, 1.54) is 0 Å². The number of hydrogen-bond acceptors (Lipinski definition) is 3. The van der Waals surface area contributed by atoms with Gasteiger partial charge in [-0.3, -0.25) is 0 Å². The zero-order valence-corrected chi connectivity index (χ0v) is 9.50. The molecule has 0 fully saturated rings. The summed E-state index contributed by atoms with van der Waals surface area (Å²) in [6, 6.07) is 9.34. The first-order valence-corrected chi connectivity index (χ1v) is 5.54. The van der Waals surface area contributed by atoms with Crippen LogP contribution in [0.5, 0.6) is 0 Å². The molecule has 86 valence electrons. The van der Waals surface area contributed by atoms with Gasteiger partial charge < -0.3 is 14.5 Å². The minimum absolute atomic E-state index is 0.211. The number of rotatable bonds is 7. The minimum Gasteiger partial charge on any atom is -0.355 e. The van der Waals surface area contributed by atoms with E-state index >= 15 is 0 Å². The van der Waals surface area contributed by atoms with Gasteiger partial charge in [0.15, 0.2) is 0 Å². The molecular weight excluding hydrogens is 202 g/mol. The number of benzene rings is 1. The standard InChI is InChI=1S/C13H17NO2/c1-2-6-13(11-16)14(9-10-15)12-7-4-3-5-8-12/h3-5,7-8,10-11,13H,2,6,9H2,1H3. The number of para-hydroxylation sites is 1. The van der Waals surface area contributed by atoms with Crippen molar-refractivity contribution in [1.82, 2.24) is 0 Å². The Kier molecular flexibility index (Phi) is 5.26. The first kappa shape index (κ1) is 12.4. The van der Waals surface area contributed by atoms with E-state index in [1.807, 2.05) is 42.2 Å². The van der Waals surface area contributed by atoms with Crippen molar-refractivity contribution in [2.24, 2.45) is 0 Å². The van der Waals surface area contributed by atoms with E-state index in [1.54, 1.807) is 0 Å². The van der Waals surface area contributed by atoms with Crippen LogP contribution in [0, 0.1) is 0 Å². The molecule has 0 aliphatic heterocycles. The van der Waals surface area contributed by atoms with Crippen LogP contribution in [-0.4, -0.2) is 25.2 Å². The molecule has 0 heterocycles. The SMILES string of the molecule is CCCC(C=O)N(CC=O)c1ccccc1. The molecule has 0 aromatic heterocycles. The van der Waals surface area contributed by atoms with Crippen molar-refractivity contribution in [2.75, 3.05) is 11.4 Å². The Hall–Kier alpha value is -1.64. The van der Waals surface area contributed by atoms with E-state index in [0.29, 0.717) is 0 Å². The van der Waals surface area contributed by atoms with Crippen LogP contribution in [-0.2, 0) is 9.59 Å². The Labute approximate surface area is 96.1 Å². The van der Waals surface area contributed by atoms with E-state index in [2.05, 4.69) is 0 Å². The van der Waals surface area contributed by atoms with Gasteiger partial charge in [-0.2, -0.15) is 0 Å². The van der Waals surface area contributed by atoms with Gasteiger partial charge in [-0.05, 0) is 18.6 Å². The van der Waals surface area contributed by atoms with Gasteiger partial charge in [0.05, 0.1) is 12.6 Å². The molecule has 1 aromatic carbocycles. The van der Waals surface area contributed by atoms with Crippen LogP contribution in [0.2, 0.25) is 0 Å². The third-order valence-electron chi connectivity index (χ3n) is 2.50. The number of carbonyl (C=O) groups excluding carboxylic acids is 2. The second-order valence-corrected chi connectivity index (χ2v) is 3.65. The summed E-state index contributed by atoms with van der Waals surface area (Å²) < 4.78 is 0. The molecule has 0 aliphatic carbocycles. The summed E-state index contributed by atoms with van der Waals surface area (Å²) in [6.07, 6.45) is 3.44. The van der Waals surface area contributed by atoms with E-state index in [-0.39, 0.29) is 12.6 Å². The zero-order valence-electron chi connectivity index (χ0n) is 9.50. The lowest BCUT2D eigenvalue weighted by atomic mass is 10.1. The number of aldehydes is 2. The maximum atomic E-state index is 11.0. The maximum Gasteiger partial charge on any atom is 0.142 e. The highest BCUT2D eigenvalue weighted by atomic mass is 16.1. The molecule has 0 N–H and O–H groups in total. The van der Waals surface area contributed by atoms with Crippen molar-refractivity contribution in [3.05, 3.63) is 30.3 Å². The highest BCUT2D eigenvalue weighted by Crippen LogP contribution is 2.17.